The number of aliphatic carboxylic acids is 1. The van der Waals surface area contributed by atoms with E-state index >= 15 is 0 Å². The molecule has 4 saturated carbocycles. The van der Waals surface area contributed by atoms with Crippen molar-refractivity contribution in [3.8, 4) is 0 Å². The summed E-state index contributed by atoms with van der Waals surface area (Å²) in [6.07, 6.45) is 10.6. The van der Waals surface area contributed by atoms with Crippen molar-refractivity contribution in [1.29, 1.82) is 0 Å². The third-order valence-electron chi connectivity index (χ3n) is 6.64. The Morgan fingerprint density at radius 2 is 1.39 bits per heavy atom. The van der Waals surface area contributed by atoms with Crippen LogP contribution in [0.15, 0.2) is 12.2 Å². The first-order chi connectivity index (χ1) is 11.0. The SMILES string of the molecule is O=C(O)C=CC(=O)N1CCN(C23CC4CC(CC(C4)C2)C3)CC1. The molecule has 5 rings (SSSR count). The van der Waals surface area contributed by atoms with Gasteiger partial charge in [-0.25, -0.2) is 4.79 Å². The molecule has 0 atom stereocenters. The minimum Gasteiger partial charge on any atom is -0.478 e. The number of hydrogen-bond acceptors (Lipinski definition) is 3. The van der Waals surface area contributed by atoms with E-state index in [1.54, 1.807) is 4.90 Å². The number of carboxylic acids is 1. The summed E-state index contributed by atoms with van der Waals surface area (Å²) < 4.78 is 0. The Labute approximate surface area is 137 Å². The van der Waals surface area contributed by atoms with Gasteiger partial charge in [0.15, 0.2) is 0 Å². The van der Waals surface area contributed by atoms with Crippen LogP contribution in [0.2, 0.25) is 0 Å². The van der Waals surface area contributed by atoms with E-state index in [9.17, 15) is 9.59 Å². The Hall–Kier alpha value is -1.36. The number of carboxylic acid groups (broad SMARTS) is 1. The predicted molar refractivity (Wildman–Crippen MR) is 85.8 cm³/mol. The molecule has 0 unspecified atom stereocenters. The second-order valence-corrected chi connectivity index (χ2v) is 8.13. The van der Waals surface area contributed by atoms with Gasteiger partial charge in [-0.2, -0.15) is 0 Å². The molecule has 5 fully saturated rings. The van der Waals surface area contributed by atoms with Crippen LogP contribution in [0.3, 0.4) is 0 Å². The number of amides is 1. The summed E-state index contributed by atoms with van der Waals surface area (Å²) >= 11 is 0. The molecule has 1 aliphatic heterocycles. The van der Waals surface area contributed by atoms with E-state index < -0.39 is 5.97 Å². The quantitative estimate of drug-likeness (QED) is 0.805. The van der Waals surface area contributed by atoms with Crippen molar-refractivity contribution in [2.24, 2.45) is 17.8 Å². The van der Waals surface area contributed by atoms with Gasteiger partial charge in [-0.1, -0.05) is 0 Å². The fraction of sp³-hybridized carbons (Fsp3) is 0.778. The molecule has 1 N–H and O–H groups in total. The number of hydrogen-bond donors (Lipinski definition) is 1. The highest BCUT2D eigenvalue weighted by atomic mass is 16.4. The van der Waals surface area contributed by atoms with Gasteiger partial charge in [0.05, 0.1) is 0 Å². The lowest BCUT2D eigenvalue weighted by Crippen LogP contribution is -2.64. The number of rotatable bonds is 3. The van der Waals surface area contributed by atoms with Gasteiger partial charge in [-0.05, 0) is 56.3 Å². The molecule has 5 aliphatic rings. The first kappa shape index (κ1) is 15.2. The van der Waals surface area contributed by atoms with E-state index in [2.05, 4.69) is 4.90 Å². The van der Waals surface area contributed by atoms with Gasteiger partial charge in [0, 0.05) is 43.9 Å². The average Bonchev–Trinajstić information content (AvgIpc) is 2.51. The molecular weight excluding hydrogens is 292 g/mol. The number of nitrogens with zero attached hydrogens (tertiary/aromatic N) is 2. The molecule has 0 aromatic rings. The Kier molecular flexibility index (Phi) is 3.71. The lowest BCUT2D eigenvalue weighted by Gasteiger charge is -2.61. The lowest BCUT2D eigenvalue weighted by molar-refractivity contribution is -0.135. The monoisotopic (exact) mass is 318 g/mol. The molecule has 126 valence electrons. The van der Waals surface area contributed by atoms with E-state index in [0.29, 0.717) is 5.54 Å². The first-order valence-electron chi connectivity index (χ1n) is 8.99. The van der Waals surface area contributed by atoms with Crippen LogP contribution >= 0.6 is 0 Å². The van der Waals surface area contributed by atoms with Gasteiger partial charge >= 0.3 is 5.97 Å². The van der Waals surface area contributed by atoms with Crippen LogP contribution in [0.1, 0.15) is 38.5 Å². The van der Waals surface area contributed by atoms with Gasteiger partial charge in [0.2, 0.25) is 5.91 Å². The number of piperazine rings is 1. The van der Waals surface area contributed by atoms with Crippen LogP contribution in [0.4, 0.5) is 0 Å². The van der Waals surface area contributed by atoms with Gasteiger partial charge in [-0.3, -0.25) is 9.69 Å². The van der Waals surface area contributed by atoms with E-state index in [0.717, 1.165) is 50.0 Å². The summed E-state index contributed by atoms with van der Waals surface area (Å²) in [5.74, 6) is 1.60. The number of carbonyl (C=O) groups is 2. The highest BCUT2D eigenvalue weighted by Crippen LogP contribution is 2.57. The topological polar surface area (TPSA) is 60.9 Å². The zero-order valence-electron chi connectivity index (χ0n) is 13.6. The van der Waals surface area contributed by atoms with Gasteiger partial charge in [-0.15, -0.1) is 0 Å². The van der Waals surface area contributed by atoms with Crippen molar-refractivity contribution < 1.29 is 14.7 Å². The molecule has 0 aromatic carbocycles. The molecule has 5 nitrogen and oxygen atoms in total. The van der Waals surface area contributed by atoms with Crippen LogP contribution in [0.25, 0.3) is 0 Å². The molecular formula is C18H26N2O3. The third kappa shape index (κ3) is 2.80. The Balaban J connectivity index is 1.38. The number of carbonyl (C=O) groups excluding carboxylic acids is 1. The molecule has 0 aromatic heterocycles. The Morgan fingerprint density at radius 1 is 0.870 bits per heavy atom. The summed E-state index contributed by atoms with van der Waals surface area (Å²) in [5, 5.41) is 8.63. The summed E-state index contributed by atoms with van der Waals surface area (Å²) in [5.41, 5.74) is 0.417. The van der Waals surface area contributed by atoms with Crippen LogP contribution in [-0.4, -0.2) is 58.5 Å². The highest BCUT2D eigenvalue weighted by molar-refractivity contribution is 5.93. The van der Waals surface area contributed by atoms with Crippen molar-refractivity contribution in [2.45, 2.75) is 44.1 Å². The fourth-order valence-electron chi connectivity index (χ4n) is 6.10. The standard InChI is InChI=1S/C18H26N2O3/c21-16(1-2-17(22)23)19-3-5-20(6-4-19)18-10-13-7-14(11-18)9-15(8-13)12-18/h1-2,13-15H,3-12H2,(H,22,23). The predicted octanol–water partition coefficient (Wildman–Crippen LogP) is 1.74. The largest absolute Gasteiger partial charge is 0.478 e. The van der Waals surface area contributed by atoms with Crippen LogP contribution < -0.4 is 0 Å². The van der Waals surface area contributed by atoms with Crippen LogP contribution in [0.5, 0.6) is 0 Å². The Bertz CT molecular complexity index is 499. The lowest BCUT2D eigenvalue weighted by atomic mass is 9.52. The van der Waals surface area contributed by atoms with Crippen molar-refractivity contribution in [1.82, 2.24) is 9.80 Å². The second-order valence-electron chi connectivity index (χ2n) is 8.13. The van der Waals surface area contributed by atoms with E-state index in [4.69, 9.17) is 5.11 Å². The maximum absolute atomic E-state index is 12.0. The third-order valence-corrected chi connectivity index (χ3v) is 6.64. The molecule has 4 bridgehead atoms. The average molecular weight is 318 g/mol. The van der Waals surface area contributed by atoms with Crippen LogP contribution in [-0.2, 0) is 9.59 Å². The van der Waals surface area contributed by atoms with Gasteiger partial charge < -0.3 is 10.0 Å². The second kappa shape index (κ2) is 5.62. The van der Waals surface area contributed by atoms with Crippen LogP contribution in [0, 0.1) is 17.8 Å². The smallest absolute Gasteiger partial charge is 0.328 e. The summed E-state index contributed by atoms with van der Waals surface area (Å²) in [7, 11) is 0. The minimum absolute atomic E-state index is 0.169. The highest BCUT2D eigenvalue weighted by Gasteiger charge is 2.53. The molecule has 23 heavy (non-hydrogen) atoms. The summed E-state index contributed by atoms with van der Waals surface area (Å²) in [6, 6.07) is 0. The summed E-state index contributed by atoms with van der Waals surface area (Å²) in [4.78, 5) is 27.0. The molecule has 0 radical (unpaired) electrons. The maximum Gasteiger partial charge on any atom is 0.328 e. The zero-order chi connectivity index (χ0) is 16.0. The minimum atomic E-state index is -1.06. The van der Waals surface area contributed by atoms with E-state index in [-0.39, 0.29) is 5.91 Å². The fourth-order valence-corrected chi connectivity index (χ4v) is 6.10. The normalized spacial score (nSPS) is 40.0. The van der Waals surface area contributed by atoms with Crippen molar-refractivity contribution in [2.75, 3.05) is 26.2 Å². The molecule has 1 saturated heterocycles. The van der Waals surface area contributed by atoms with E-state index in [1.165, 1.54) is 44.6 Å². The molecule has 5 heteroatoms. The molecule has 1 heterocycles. The first-order valence-corrected chi connectivity index (χ1v) is 8.99. The van der Waals surface area contributed by atoms with Gasteiger partial charge in [0.25, 0.3) is 0 Å². The molecule has 1 amide bonds. The van der Waals surface area contributed by atoms with Crippen molar-refractivity contribution >= 4 is 11.9 Å². The molecule has 4 aliphatic carbocycles. The van der Waals surface area contributed by atoms with Gasteiger partial charge in [0.1, 0.15) is 0 Å². The van der Waals surface area contributed by atoms with E-state index in [1.807, 2.05) is 0 Å². The van der Waals surface area contributed by atoms with Crippen molar-refractivity contribution in [3.63, 3.8) is 0 Å². The van der Waals surface area contributed by atoms with Crippen molar-refractivity contribution in [3.05, 3.63) is 12.2 Å². The Morgan fingerprint density at radius 3 is 1.87 bits per heavy atom. The zero-order valence-corrected chi connectivity index (χ0v) is 13.6. The maximum atomic E-state index is 12.0. The molecule has 0 spiro atoms. The summed E-state index contributed by atoms with van der Waals surface area (Å²) in [6.45, 7) is 3.34.